The van der Waals surface area contributed by atoms with Gasteiger partial charge in [-0.25, -0.2) is 0 Å². The second kappa shape index (κ2) is 8.72. The average Bonchev–Trinajstić information content (AvgIpc) is 2.45. The van der Waals surface area contributed by atoms with Gasteiger partial charge in [0.1, 0.15) is 0 Å². The number of hydrogen-bond donors (Lipinski definition) is 1. The van der Waals surface area contributed by atoms with Crippen molar-refractivity contribution in [3.8, 4) is 0 Å². The molecule has 0 atom stereocenters. The summed E-state index contributed by atoms with van der Waals surface area (Å²) in [5.41, 5.74) is 1.14. The summed E-state index contributed by atoms with van der Waals surface area (Å²) < 4.78 is 0. The van der Waals surface area contributed by atoms with Gasteiger partial charge in [0.25, 0.3) is 0 Å². The van der Waals surface area contributed by atoms with Crippen molar-refractivity contribution in [1.29, 1.82) is 0 Å². The Morgan fingerprint density at radius 2 is 1.90 bits per heavy atom. The molecule has 112 valence electrons. The summed E-state index contributed by atoms with van der Waals surface area (Å²) in [6, 6.07) is 10.3. The highest BCUT2D eigenvalue weighted by Gasteiger charge is 2.18. The largest absolute Gasteiger partial charge is 0.395 e. The Bertz CT molecular complexity index is 393. The number of carbonyl (C=O) groups is 1. The zero-order chi connectivity index (χ0) is 15.0. The maximum atomic E-state index is 12.4. The fourth-order valence-electron chi connectivity index (χ4n) is 2.10. The molecule has 1 aromatic rings. The molecule has 1 rings (SSSR count). The van der Waals surface area contributed by atoms with Gasteiger partial charge in [0.05, 0.1) is 13.2 Å². The number of aliphatic hydroxyl groups excluding tert-OH is 1. The number of benzene rings is 1. The van der Waals surface area contributed by atoms with E-state index in [-0.39, 0.29) is 18.6 Å². The van der Waals surface area contributed by atoms with E-state index in [1.54, 1.807) is 0 Å². The van der Waals surface area contributed by atoms with Gasteiger partial charge in [-0.2, -0.15) is 0 Å². The minimum absolute atomic E-state index is 0.0796. The highest BCUT2D eigenvalue weighted by Crippen LogP contribution is 2.06. The molecule has 0 fully saturated rings. The van der Waals surface area contributed by atoms with Crippen LogP contribution in [-0.4, -0.2) is 53.1 Å². The zero-order valence-corrected chi connectivity index (χ0v) is 12.7. The number of amides is 1. The molecule has 0 aliphatic heterocycles. The molecule has 20 heavy (non-hydrogen) atoms. The van der Waals surface area contributed by atoms with Crippen molar-refractivity contribution in [2.75, 3.05) is 26.2 Å². The monoisotopic (exact) mass is 278 g/mol. The van der Waals surface area contributed by atoms with Crippen molar-refractivity contribution in [2.45, 2.75) is 33.4 Å². The second-order valence-electron chi connectivity index (χ2n) is 5.18. The minimum atomic E-state index is 0.0796. The van der Waals surface area contributed by atoms with Crippen LogP contribution in [0.5, 0.6) is 0 Å². The molecule has 1 N–H and O–H groups in total. The lowest BCUT2D eigenvalue weighted by Crippen LogP contribution is -2.43. The van der Waals surface area contributed by atoms with Crippen LogP contribution in [0, 0.1) is 0 Å². The van der Waals surface area contributed by atoms with Crippen molar-refractivity contribution in [3.63, 3.8) is 0 Å². The third-order valence-corrected chi connectivity index (χ3v) is 3.41. The van der Waals surface area contributed by atoms with Gasteiger partial charge in [0.2, 0.25) is 5.91 Å². The first-order valence-electron chi connectivity index (χ1n) is 7.25. The van der Waals surface area contributed by atoms with Gasteiger partial charge < -0.3 is 10.0 Å². The fraction of sp³-hybridized carbons (Fsp3) is 0.562. The fourth-order valence-corrected chi connectivity index (χ4v) is 2.10. The molecular weight excluding hydrogens is 252 g/mol. The first kappa shape index (κ1) is 16.7. The molecule has 0 spiro atoms. The molecule has 0 aromatic heterocycles. The molecule has 0 bridgehead atoms. The average molecular weight is 278 g/mol. The van der Waals surface area contributed by atoms with Crippen molar-refractivity contribution in [2.24, 2.45) is 0 Å². The maximum Gasteiger partial charge on any atom is 0.237 e. The molecule has 0 heterocycles. The van der Waals surface area contributed by atoms with Crippen LogP contribution in [0.4, 0.5) is 0 Å². The zero-order valence-electron chi connectivity index (χ0n) is 12.7. The highest BCUT2D eigenvalue weighted by molar-refractivity contribution is 5.78. The van der Waals surface area contributed by atoms with Gasteiger partial charge >= 0.3 is 0 Å². The van der Waals surface area contributed by atoms with Crippen molar-refractivity contribution in [3.05, 3.63) is 35.9 Å². The predicted octanol–water partition coefficient (Wildman–Crippen LogP) is 1.74. The molecule has 4 heteroatoms. The minimum Gasteiger partial charge on any atom is -0.395 e. The van der Waals surface area contributed by atoms with Crippen molar-refractivity contribution < 1.29 is 9.90 Å². The number of likely N-dealkylation sites (N-methyl/N-ethyl adjacent to an activating group) is 1. The SMILES string of the molecule is CCN(Cc1ccccc1)C(=O)CN(CCO)C(C)C. The van der Waals surface area contributed by atoms with E-state index in [1.807, 2.05) is 60.9 Å². The first-order chi connectivity index (χ1) is 9.58. The highest BCUT2D eigenvalue weighted by atomic mass is 16.3. The molecule has 0 saturated carbocycles. The molecular formula is C16H26N2O2. The van der Waals surface area contributed by atoms with Crippen molar-refractivity contribution >= 4 is 5.91 Å². The van der Waals surface area contributed by atoms with E-state index in [9.17, 15) is 4.79 Å². The molecule has 0 unspecified atom stereocenters. The topological polar surface area (TPSA) is 43.8 Å². The predicted molar refractivity (Wildman–Crippen MR) is 81.3 cm³/mol. The molecule has 0 saturated heterocycles. The summed E-state index contributed by atoms with van der Waals surface area (Å²) in [7, 11) is 0. The van der Waals surface area contributed by atoms with Gasteiger partial charge in [0.15, 0.2) is 0 Å². The summed E-state index contributed by atoms with van der Waals surface area (Å²) in [4.78, 5) is 16.2. The summed E-state index contributed by atoms with van der Waals surface area (Å²) in [6.07, 6.45) is 0. The lowest BCUT2D eigenvalue weighted by Gasteiger charge is -2.28. The number of nitrogens with zero attached hydrogens (tertiary/aromatic N) is 2. The third-order valence-electron chi connectivity index (χ3n) is 3.41. The molecule has 4 nitrogen and oxygen atoms in total. The van der Waals surface area contributed by atoms with Crippen LogP contribution in [0.2, 0.25) is 0 Å². The number of carbonyl (C=O) groups excluding carboxylic acids is 1. The van der Waals surface area contributed by atoms with Crippen LogP contribution < -0.4 is 0 Å². The molecule has 1 amide bonds. The van der Waals surface area contributed by atoms with E-state index >= 15 is 0 Å². The maximum absolute atomic E-state index is 12.4. The van der Waals surface area contributed by atoms with E-state index in [1.165, 1.54) is 0 Å². The number of hydrogen-bond acceptors (Lipinski definition) is 3. The Labute approximate surface area is 122 Å². The van der Waals surface area contributed by atoms with Crippen LogP contribution in [0.15, 0.2) is 30.3 Å². The molecule has 1 aromatic carbocycles. The van der Waals surface area contributed by atoms with Crippen LogP contribution in [0.1, 0.15) is 26.3 Å². The Kier molecular flexibility index (Phi) is 7.26. The van der Waals surface area contributed by atoms with Gasteiger partial charge in [-0.05, 0) is 26.3 Å². The van der Waals surface area contributed by atoms with Crippen LogP contribution in [-0.2, 0) is 11.3 Å². The summed E-state index contributed by atoms with van der Waals surface area (Å²) in [6.45, 7) is 8.38. The lowest BCUT2D eigenvalue weighted by atomic mass is 10.2. The van der Waals surface area contributed by atoms with Gasteiger partial charge in [0, 0.05) is 25.7 Å². The van der Waals surface area contributed by atoms with Crippen LogP contribution in [0.25, 0.3) is 0 Å². The van der Waals surface area contributed by atoms with Gasteiger partial charge in [-0.3, -0.25) is 9.69 Å². The van der Waals surface area contributed by atoms with E-state index in [4.69, 9.17) is 5.11 Å². The third kappa shape index (κ3) is 5.31. The number of rotatable bonds is 8. The second-order valence-corrected chi connectivity index (χ2v) is 5.18. The summed E-state index contributed by atoms with van der Waals surface area (Å²) in [5, 5.41) is 9.06. The van der Waals surface area contributed by atoms with Gasteiger partial charge in [-0.1, -0.05) is 30.3 Å². The van der Waals surface area contributed by atoms with Crippen LogP contribution >= 0.6 is 0 Å². The summed E-state index contributed by atoms with van der Waals surface area (Å²) in [5.74, 6) is 0.110. The Balaban J connectivity index is 2.62. The van der Waals surface area contributed by atoms with E-state index in [0.717, 1.165) is 5.56 Å². The molecule has 0 aliphatic rings. The normalized spacial score (nSPS) is 11.1. The smallest absolute Gasteiger partial charge is 0.237 e. The Morgan fingerprint density at radius 3 is 2.40 bits per heavy atom. The van der Waals surface area contributed by atoms with E-state index in [0.29, 0.717) is 26.2 Å². The number of aliphatic hydroxyl groups is 1. The Hall–Kier alpha value is -1.39. The van der Waals surface area contributed by atoms with E-state index < -0.39 is 0 Å². The lowest BCUT2D eigenvalue weighted by molar-refractivity contribution is -0.133. The standard InChI is InChI=1S/C16H26N2O2/c1-4-17(12-15-8-6-5-7-9-15)16(20)13-18(10-11-19)14(2)3/h5-9,14,19H,4,10-13H2,1-3H3. The van der Waals surface area contributed by atoms with Gasteiger partial charge in [-0.15, -0.1) is 0 Å². The Morgan fingerprint density at radius 1 is 1.25 bits per heavy atom. The molecule has 0 radical (unpaired) electrons. The van der Waals surface area contributed by atoms with E-state index in [2.05, 4.69) is 0 Å². The molecule has 0 aliphatic carbocycles. The van der Waals surface area contributed by atoms with Crippen molar-refractivity contribution in [1.82, 2.24) is 9.80 Å². The summed E-state index contributed by atoms with van der Waals surface area (Å²) >= 11 is 0. The first-order valence-corrected chi connectivity index (χ1v) is 7.25. The quantitative estimate of drug-likeness (QED) is 0.787. The van der Waals surface area contributed by atoms with Crippen LogP contribution in [0.3, 0.4) is 0 Å².